The summed E-state index contributed by atoms with van der Waals surface area (Å²) in [5, 5.41) is 16.5. The lowest BCUT2D eigenvalue weighted by Crippen LogP contribution is -2.28. The van der Waals surface area contributed by atoms with Gasteiger partial charge in [-0.05, 0) is 32.0 Å². The van der Waals surface area contributed by atoms with Gasteiger partial charge in [0.05, 0.1) is 87.5 Å². The summed E-state index contributed by atoms with van der Waals surface area (Å²) < 4.78 is 106. The number of ether oxygens (including phenoxy) is 4. The molecule has 0 radical (unpaired) electrons. The number of hydrogen-bond donors (Lipinski definition) is 4. The summed E-state index contributed by atoms with van der Waals surface area (Å²) in [6.07, 6.45) is -1.83. The minimum Gasteiger partial charge on any atom is -0.389 e. The van der Waals surface area contributed by atoms with E-state index in [1.807, 2.05) is 0 Å². The van der Waals surface area contributed by atoms with Crippen LogP contribution in [0.4, 0.5) is 29.2 Å². The Hall–Kier alpha value is -3.01. The zero-order chi connectivity index (χ0) is 34.5. The molecule has 20 heteroatoms. The first-order valence-electron chi connectivity index (χ1n) is 14.5. The Bertz CT molecular complexity index is 1530. The molecule has 2 aromatic heterocycles. The summed E-state index contributed by atoms with van der Waals surface area (Å²) in [5.74, 6) is -1.39. The van der Waals surface area contributed by atoms with Gasteiger partial charge in [0.15, 0.2) is 0 Å². The molecule has 48 heavy (non-hydrogen) atoms. The average molecular weight is 730 g/mol. The molecular formula is C28H40ClF4N7O7S. The topological polar surface area (TPSA) is 185 Å². The molecule has 0 aliphatic carbocycles. The van der Waals surface area contributed by atoms with Crippen LogP contribution >= 0.6 is 12.4 Å². The second-order valence-electron chi connectivity index (χ2n) is 10.6. The molecule has 0 bridgehead atoms. The molecule has 0 aliphatic heterocycles. The lowest BCUT2D eigenvalue weighted by molar-refractivity contribution is -0.137. The highest BCUT2D eigenvalue weighted by molar-refractivity contribution is 7.89. The number of anilines is 2. The van der Waals surface area contributed by atoms with Crippen molar-refractivity contribution in [1.82, 2.24) is 24.5 Å². The highest BCUT2D eigenvalue weighted by atomic mass is 35.5. The number of nitrogens with zero attached hydrogens (tertiary/aromatic N) is 4. The van der Waals surface area contributed by atoms with Crippen molar-refractivity contribution in [2.24, 2.45) is 5.73 Å². The molecule has 2 heterocycles. The quantitative estimate of drug-likeness (QED) is 0.0930. The van der Waals surface area contributed by atoms with Crippen molar-refractivity contribution in [1.29, 1.82) is 0 Å². The predicted octanol–water partition coefficient (Wildman–Crippen LogP) is 2.74. The summed E-state index contributed by atoms with van der Waals surface area (Å²) >= 11 is 0. The zero-order valence-electron chi connectivity index (χ0n) is 26.3. The second-order valence-corrected chi connectivity index (χ2v) is 12.4. The van der Waals surface area contributed by atoms with E-state index in [1.54, 1.807) is 0 Å². The van der Waals surface area contributed by atoms with Gasteiger partial charge in [-0.1, -0.05) is 0 Å². The molecule has 0 unspecified atom stereocenters. The highest BCUT2D eigenvalue weighted by Gasteiger charge is 2.36. The molecule has 14 nitrogen and oxygen atoms in total. The molecule has 0 saturated heterocycles. The maximum atomic E-state index is 14.9. The van der Waals surface area contributed by atoms with Crippen LogP contribution in [-0.4, -0.2) is 105 Å². The number of alkyl halides is 3. The zero-order valence-corrected chi connectivity index (χ0v) is 28.0. The minimum absolute atomic E-state index is 0. The third kappa shape index (κ3) is 13.8. The number of benzene rings is 1. The molecule has 0 amide bonds. The van der Waals surface area contributed by atoms with Gasteiger partial charge in [-0.3, -0.25) is 4.68 Å². The normalized spacial score (nSPS) is 12.2. The fourth-order valence-electron chi connectivity index (χ4n) is 3.90. The monoisotopic (exact) mass is 729 g/mol. The van der Waals surface area contributed by atoms with Gasteiger partial charge in [-0.15, -0.1) is 12.4 Å². The van der Waals surface area contributed by atoms with Crippen molar-refractivity contribution < 1.29 is 50.0 Å². The summed E-state index contributed by atoms with van der Waals surface area (Å²) in [4.78, 5) is 7.22. The Morgan fingerprint density at radius 3 is 2.12 bits per heavy atom. The molecule has 1 aromatic carbocycles. The van der Waals surface area contributed by atoms with E-state index in [9.17, 15) is 31.1 Å². The molecule has 0 spiro atoms. The van der Waals surface area contributed by atoms with Crippen molar-refractivity contribution >= 4 is 34.1 Å². The van der Waals surface area contributed by atoms with Crippen LogP contribution in [0.15, 0.2) is 41.7 Å². The van der Waals surface area contributed by atoms with Gasteiger partial charge in [0, 0.05) is 31.0 Å². The summed E-state index contributed by atoms with van der Waals surface area (Å²) in [6, 6.07) is 2.95. The molecule has 3 rings (SSSR count). The Labute approximate surface area is 281 Å². The molecule has 5 N–H and O–H groups in total. The van der Waals surface area contributed by atoms with Crippen molar-refractivity contribution in [2.75, 3.05) is 71.3 Å². The maximum Gasteiger partial charge on any atom is 0.419 e. The Balaban J connectivity index is 0.00000800. The summed E-state index contributed by atoms with van der Waals surface area (Å²) in [7, 11) is -4.11. The number of aliphatic hydroxyl groups is 1. The third-order valence-corrected chi connectivity index (χ3v) is 7.42. The molecule has 0 atom stereocenters. The first-order valence-corrected chi connectivity index (χ1v) is 15.9. The van der Waals surface area contributed by atoms with E-state index in [0.717, 1.165) is 24.4 Å². The van der Waals surface area contributed by atoms with Crippen LogP contribution in [0.3, 0.4) is 0 Å². The molecule has 3 aromatic rings. The minimum atomic E-state index is -4.81. The van der Waals surface area contributed by atoms with Gasteiger partial charge in [0.2, 0.25) is 16.0 Å². The predicted molar refractivity (Wildman–Crippen MR) is 169 cm³/mol. The fourth-order valence-corrected chi connectivity index (χ4v) is 4.92. The van der Waals surface area contributed by atoms with Crippen molar-refractivity contribution in [3.05, 3.63) is 48.2 Å². The van der Waals surface area contributed by atoms with Crippen LogP contribution in [0.1, 0.15) is 19.4 Å². The van der Waals surface area contributed by atoms with Gasteiger partial charge < -0.3 is 35.1 Å². The SMILES string of the molecule is CC(C)(O)Cn1cc(-c2nc(Nc3ccc(S(=O)(=O)NCCOCCOCCOCCOCCN)cc3F)ncc2C(F)(F)F)cn1.Cl. The summed E-state index contributed by atoms with van der Waals surface area (Å²) in [5.41, 5.74) is 2.16. The number of rotatable bonds is 21. The largest absolute Gasteiger partial charge is 0.419 e. The molecule has 0 aliphatic rings. The number of hydrogen-bond acceptors (Lipinski definition) is 12. The first kappa shape index (κ1) is 41.2. The second kappa shape index (κ2) is 19.2. The number of aromatic nitrogens is 4. The average Bonchev–Trinajstić information content (AvgIpc) is 3.44. The van der Waals surface area contributed by atoms with E-state index in [1.165, 1.54) is 24.7 Å². The highest BCUT2D eigenvalue weighted by Crippen LogP contribution is 2.36. The van der Waals surface area contributed by atoms with E-state index in [-0.39, 0.29) is 67.4 Å². The van der Waals surface area contributed by atoms with Crippen molar-refractivity contribution in [2.45, 2.75) is 37.1 Å². The van der Waals surface area contributed by atoms with Gasteiger partial charge in [0.1, 0.15) is 11.4 Å². The maximum absolute atomic E-state index is 14.9. The number of sulfonamides is 1. The lowest BCUT2D eigenvalue weighted by Gasteiger charge is -2.16. The van der Waals surface area contributed by atoms with Crippen LogP contribution in [0.2, 0.25) is 0 Å². The molecule has 270 valence electrons. The first-order chi connectivity index (χ1) is 22.2. The molecule has 0 fully saturated rings. The molecule has 0 saturated carbocycles. The molecular weight excluding hydrogens is 690 g/mol. The number of halogens is 5. The van der Waals surface area contributed by atoms with Crippen LogP contribution < -0.4 is 15.8 Å². The van der Waals surface area contributed by atoms with E-state index in [2.05, 4.69) is 25.1 Å². The Kier molecular flexibility index (Phi) is 16.5. The van der Waals surface area contributed by atoms with Gasteiger partial charge in [-0.2, -0.15) is 18.3 Å². The van der Waals surface area contributed by atoms with Gasteiger partial charge >= 0.3 is 6.18 Å². The third-order valence-electron chi connectivity index (χ3n) is 5.96. The van der Waals surface area contributed by atoms with E-state index >= 15 is 0 Å². The summed E-state index contributed by atoms with van der Waals surface area (Å²) in [6.45, 7) is 6.00. The lowest BCUT2D eigenvalue weighted by atomic mass is 10.1. The number of nitrogens with two attached hydrogens (primary N) is 1. The standard InChI is InChI=1S/C28H39F4N7O7S.ClH/c1-27(2,40)19-39-18-20(16-35-39)25-22(28(30,31)32)17-34-26(38-25)37-24-4-3-21(15-23(24)29)47(41,42)36-6-8-44-10-12-46-14-13-45-11-9-43-7-5-33;/h3-4,15-18,36,40H,5-14,19,33H2,1-2H3,(H,34,37,38);1H. The van der Waals surface area contributed by atoms with Crippen LogP contribution in [0, 0.1) is 5.82 Å². The van der Waals surface area contributed by atoms with Crippen LogP contribution in [-0.2, 0) is 41.7 Å². The van der Waals surface area contributed by atoms with E-state index < -0.39 is 38.9 Å². The van der Waals surface area contributed by atoms with Gasteiger partial charge in [-0.25, -0.2) is 27.5 Å². The smallest absolute Gasteiger partial charge is 0.389 e. The fraction of sp³-hybridized carbons (Fsp3) is 0.536. The van der Waals surface area contributed by atoms with Crippen LogP contribution in [0.25, 0.3) is 11.3 Å². The van der Waals surface area contributed by atoms with Gasteiger partial charge in [0.25, 0.3) is 0 Å². The van der Waals surface area contributed by atoms with E-state index in [4.69, 9.17) is 24.7 Å². The van der Waals surface area contributed by atoms with E-state index in [0.29, 0.717) is 45.8 Å². The Morgan fingerprint density at radius 2 is 1.56 bits per heavy atom. The van der Waals surface area contributed by atoms with Crippen molar-refractivity contribution in [3.63, 3.8) is 0 Å². The van der Waals surface area contributed by atoms with Crippen LogP contribution in [0.5, 0.6) is 0 Å². The van der Waals surface area contributed by atoms with Crippen molar-refractivity contribution in [3.8, 4) is 11.3 Å². The Morgan fingerprint density at radius 1 is 0.958 bits per heavy atom. The number of nitrogens with one attached hydrogen (secondary N) is 2.